The summed E-state index contributed by atoms with van der Waals surface area (Å²) in [5.74, 6) is 0. The third-order valence-electron chi connectivity index (χ3n) is 2.08. The summed E-state index contributed by atoms with van der Waals surface area (Å²) in [5, 5.41) is 15.9. The zero-order valence-corrected chi connectivity index (χ0v) is 10.4. The fraction of sp³-hybridized carbons (Fsp3) is 1.00. The monoisotopic (exact) mass is 258 g/mol. The Bertz CT molecular complexity index is 285. The molecule has 0 aromatic carbocycles. The van der Waals surface area contributed by atoms with Gasteiger partial charge in [-0.25, -0.2) is 0 Å². The highest BCUT2D eigenvalue weighted by molar-refractivity contribution is 4.72. The topological polar surface area (TPSA) is 136 Å². The third kappa shape index (κ3) is 8.63. The molecular formula is C9H18N6O3. The standard InChI is InChI=1S/C9H18N6O3/c1-9(6-16,7-17-4-2-12-14-10)8-18-5-3-13-15-11/h16H,2-8H2,1H3. The van der Waals surface area contributed by atoms with Crippen LogP contribution in [0.15, 0.2) is 10.2 Å². The fourth-order valence-electron chi connectivity index (χ4n) is 1.07. The van der Waals surface area contributed by atoms with Crippen LogP contribution in [0.1, 0.15) is 6.92 Å². The first-order valence-electron chi connectivity index (χ1n) is 5.46. The van der Waals surface area contributed by atoms with Crippen LogP contribution in [0.3, 0.4) is 0 Å². The summed E-state index contributed by atoms with van der Waals surface area (Å²) in [5.41, 5.74) is 15.6. The lowest BCUT2D eigenvalue weighted by Gasteiger charge is -2.26. The van der Waals surface area contributed by atoms with Crippen molar-refractivity contribution in [1.82, 2.24) is 0 Å². The quantitative estimate of drug-likeness (QED) is 0.261. The summed E-state index contributed by atoms with van der Waals surface area (Å²) in [4.78, 5) is 5.20. The molecule has 0 spiro atoms. The maximum absolute atomic E-state index is 9.27. The molecule has 0 bridgehead atoms. The Morgan fingerprint density at radius 3 is 1.83 bits per heavy atom. The van der Waals surface area contributed by atoms with E-state index in [1.807, 2.05) is 6.92 Å². The van der Waals surface area contributed by atoms with Crippen LogP contribution < -0.4 is 0 Å². The molecule has 0 aliphatic heterocycles. The maximum atomic E-state index is 9.27. The zero-order chi connectivity index (χ0) is 13.7. The molecule has 0 rings (SSSR count). The summed E-state index contributed by atoms with van der Waals surface area (Å²) < 4.78 is 10.6. The molecule has 0 fully saturated rings. The highest BCUT2D eigenvalue weighted by atomic mass is 16.5. The van der Waals surface area contributed by atoms with Crippen LogP contribution in [-0.2, 0) is 9.47 Å². The number of hydrogen-bond acceptors (Lipinski definition) is 5. The van der Waals surface area contributed by atoms with Gasteiger partial charge in [-0.1, -0.05) is 17.2 Å². The average Bonchev–Trinajstić information content (AvgIpc) is 2.38. The van der Waals surface area contributed by atoms with Crippen LogP contribution in [-0.4, -0.2) is 51.2 Å². The van der Waals surface area contributed by atoms with E-state index in [2.05, 4.69) is 20.1 Å². The van der Waals surface area contributed by atoms with Gasteiger partial charge in [0.25, 0.3) is 0 Å². The Morgan fingerprint density at radius 2 is 1.50 bits per heavy atom. The molecule has 0 saturated heterocycles. The van der Waals surface area contributed by atoms with E-state index in [4.69, 9.17) is 20.5 Å². The van der Waals surface area contributed by atoms with E-state index in [9.17, 15) is 5.11 Å². The minimum atomic E-state index is -0.521. The number of rotatable bonds is 11. The second-order valence-electron chi connectivity index (χ2n) is 3.98. The average molecular weight is 258 g/mol. The molecule has 0 aromatic rings. The van der Waals surface area contributed by atoms with Crippen molar-refractivity contribution in [1.29, 1.82) is 0 Å². The van der Waals surface area contributed by atoms with Gasteiger partial charge in [0.1, 0.15) is 0 Å². The van der Waals surface area contributed by atoms with Crippen molar-refractivity contribution in [3.05, 3.63) is 20.9 Å². The Kier molecular flexibility index (Phi) is 9.75. The maximum Gasteiger partial charge on any atom is 0.0563 e. The molecule has 0 unspecified atom stereocenters. The van der Waals surface area contributed by atoms with Crippen LogP contribution >= 0.6 is 0 Å². The fourth-order valence-corrected chi connectivity index (χ4v) is 1.07. The van der Waals surface area contributed by atoms with Crippen LogP contribution in [0.25, 0.3) is 20.9 Å². The van der Waals surface area contributed by atoms with Crippen molar-refractivity contribution >= 4 is 0 Å². The Hall–Kier alpha value is -1.50. The molecule has 0 radical (unpaired) electrons. The normalized spacial score (nSPS) is 13.2. The van der Waals surface area contributed by atoms with Crippen molar-refractivity contribution < 1.29 is 14.6 Å². The highest BCUT2D eigenvalue weighted by Gasteiger charge is 2.24. The molecule has 0 aromatic heterocycles. The second-order valence-corrected chi connectivity index (χ2v) is 3.98. The molecule has 0 atom stereocenters. The number of ether oxygens (including phenoxy) is 2. The van der Waals surface area contributed by atoms with Crippen molar-refractivity contribution in [2.45, 2.75) is 6.92 Å². The molecule has 102 valence electrons. The Morgan fingerprint density at radius 1 is 1.06 bits per heavy atom. The Balaban J connectivity index is 3.79. The van der Waals surface area contributed by atoms with Gasteiger partial charge >= 0.3 is 0 Å². The van der Waals surface area contributed by atoms with Crippen molar-refractivity contribution in [2.24, 2.45) is 15.6 Å². The van der Waals surface area contributed by atoms with E-state index in [1.165, 1.54) is 0 Å². The molecular weight excluding hydrogens is 240 g/mol. The number of aliphatic hydroxyl groups excluding tert-OH is 1. The third-order valence-corrected chi connectivity index (χ3v) is 2.08. The van der Waals surface area contributed by atoms with Crippen molar-refractivity contribution in [3.63, 3.8) is 0 Å². The summed E-state index contributed by atoms with van der Waals surface area (Å²) in [6, 6.07) is 0. The van der Waals surface area contributed by atoms with Gasteiger partial charge in [0.15, 0.2) is 0 Å². The van der Waals surface area contributed by atoms with E-state index in [1.54, 1.807) is 0 Å². The van der Waals surface area contributed by atoms with Gasteiger partial charge in [-0.05, 0) is 11.1 Å². The van der Waals surface area contributed by atoms with Crippen LogP contribution in [0.2, 0.25) is 0 Å². The minimum absolute atomic E-state index is 0.0873. The van der Waals surface area contributed by atoms with Crippen molar-refractivity contribution in [3.8, 4) is 0 Å². The lowest BCUT2D eigenvalue weighted by molar-refractivity contribution is -0.0374. The molecule has 0 saturated carbocycles. The van der Waals surface area contributed by atoms with Gasteiger partial charge in [0.05, 0.1) is 33.0 Å². The summed E-state index contributed by atoms with van der Waals surface area (Å²) in [6.45, 7) is 3.45. The van der Waals surface area contributed by atoms with Gasteiger partial charge in [-0.2, -0.15) is 0 Å². The molecule has 9 heteroatoms. The van der Waals surface area contributed by atoms with Gasteiger partial charge in [0, 0.05) is 28.3 Å². The van der Waals surface area contributed by atoms with Gasteiger partial charge in [-0.3, -0.25) is 0 Å². The minimum Gasteiger partial charge on any atom is -0.396 e. The summed E-state index contributed by atoms with van der Waals surface area (Å²) in [6.07, 6.45) is 0. The largest absolute Gasteiger partial charge is 0.396 e. The van der Waals surface area contributed by atoms with Gasteiger partial charge in [-0.15, -0.1) is 0 Å². The van der Waals surface area contributed by atoms with Crippen LogP contribution in [0, 0.1) is 5.41 Å². The van der Waals surface area contributed by atoms with Crippen LogP contribution in [0.4, 0.5) is 0 Å². The molecule has 9 nitrogen and oxygen atoms in total. The highest BCUT2D eigenvalue weighted by Crippen LogP contribution is 2.16. The zero-order valence-electron chi connectivity index (χ0n) is 10.4. The number of aliphatic hydroxyl groups is 1. The van der Waals surface area contributed by atoms with E-state index < -0.39 is 5.41 Å². The predicted octanol–water partition coefficient (Wildman–Crippen LogP) is 1.64. The molecule has 0 aliphatic rings. The summed E-state index contributed by atoms with van der Waals surface area (Å²) in [7, 11) is 0. The molecule has 1 N–H and O–H groups in total. The second kappa shape index (κ2) is 10.6. The smallest absolute Gasteiger partial charge is 0.0563 e. The number of azide groups is 2. The Labute approximate surface area is 105 Å². The van der Waals surface area contributed by atoms with Gasteiger partial charge < -0.3 is 14.6 Å². The molecule has 18 heavy (non-hydrogen) atoms. The summed E-state index contributed by atoms with van der Waals surface area (Å²) >= 11 is 0. The lowest BCUT2D eigenvalue weighted by Crippen LogP contribution is -2.33. The number of nitrogens with zero attached hydrogens (tertiary/aromatic N) is 6. The molecule has 0 aliphatic carbocycles. The van der Waals surface area contributed by atoms with E-state index in [-0.39, 0.29) is 19.7 Å². The first-order valence-corrected chi connectivity index (χ1v) is 5.46. The van der Waals surface area contributed by atoms with E-state index in [0.29, 0.717) is 26.4 Å². The first-order chi connectivity index (χ1) is 8.68. The van der Waals surface area contributed by atoms with Gasteiger partial charge in [0.2, 0.25) is 0 Å². The SMILES string of the molecule is CC(CO)(COCCN=[N+]=[N-])COCCN=[N+]=[N-]. The van der Waals surface area contributed by atoms with E-state index in [0.717, 1.165) is 0 Å². The predicted molar refractivity (Wildman–Crippen MR) is 64.9 cm³/mol. The van der Waals surface area contributed by atoms with Crippen molar-refractivity contribution in [2.75, 3.05) is 46.1 Å². The number of hydrogen-bond donors (Lipinski definition) is 1. The van der Waals surface area contributed by atoms with Crippen LogP contribution in [0.5, 0.6) is 0 Å². The first kappa shape index (κ1) is 16.5. The van der Waals surface area contributed by atoms with E-state index >= 15 is 0 Å². The molecule has 0 heterocycles. The molecule has 0 amide bonds. The lowest BCUT2D eigenvalue weighted by atomic mass is 9.94.